The van der Waals surface area contributed by atoms with E-state index in [9.17, 15) is 18.0 Å². The number of sulfone groups is 1. The first-order valence-electron chi connectivity index (χ1n) is 6.57. The number of rotatable bonds is 7. The van der Waals surface area contributed by atoms with Gasteiger partial charge in [-0.15, -0.1) is 10.2 Å². The number of carbonyl (C=O) groups excluding carboxylic acids is 1. The fourth-order valence-electron chi connectivity index (χ4n) is 1.47. The van der Waals surface area contributed by atoms with Crippen LogP contribution in [0, 0.1) is 0 Å². The number of Topliss-reactive ketones (excluding diaryl/α,β-unsaturated/α-hetero) is 1. The van der Waals surface area contributed by atoms with Gasteiger partial charge >= 0.3 is 0 Å². The molecule has 0 fully saturated rings. The minimum Gasteiger partial charge on any atom is -0.297 e. The number of thioether (sulfide) groups is 1. The van der Waals surface area contributed by atoms with E-state index < -0.39 is 20.6 Å². The van der Waals surface area contributed by atoms with Gasteiger partial charge in [0.05, 0.1) is 12.3 Å². The van der Waals surface area contributed by atoms with Gasteiger partial charge in [-0.05, 0) is 6.07 Å². The molecule has 0 amide bonds. The van der Waals surface area contributed by atoms with E-state index in [0.29, 0.717) is 0 Å². The van der Waals surface area contributed by atoms with Gasteiger partial charge in [-0.25, -0.2) is 8.42 Å². The molecule has 0 bridgehead atoms. The largest absolute Gasteiger partial charge is 0.297 e. The maximum atomic E-state index is 11.7. The lowest BCUT2D eigenvalue weighted by Crippen LogP contribution is -2.19. The monoisotopic (exact) mass is 367 g/mol. The number of aromatic nitrogens is 4. The van der Waals surface area contributed by atoms with E-state index in [2.05, 4.69) is 25.2 Å². The highest BCUT2D eigenvalue weighted by molar-refractivity contribution is 7.99. The Morgan fingerprint density at radius 3 is 2.83 bits per heavy atom. The molecule has 126 valence electrons. The van der Waals surface area contributed by atoms with E-state index in [-0.39, 0.29) is 23.1 Å². The van der Waals surface area contributed by atoms with Gasteiger partial charge in [0.1, 0.15) is 0 Å². The molecule has 9 nitrogen and oxygen atoms in total. The van der Waals surface area contributed by atoms with Crippen LogP contribution in [0.15, 0.2) is 44.5 Å². The summed E-state index contributed by atoms with van der Waals surface area (Å²) in [4.78, 5) is 33.5. The summed E-state index contributed by atoms with van der Waals surface area (Å²) in [6.07, 6.45) is 5.68. The third-order valence-electron chi connectivity index (χ3n) is 2.56. The highest BCUT2D eigenvalue weighted by Crippen LogP contribution is 2.09. The van der Waals surface area contributed by atoms with Crippen molar-refractivity contribution in [3.63, 3.8) is 0 Å². The minimum atomic E-state index is -3.64. The van der Waals surface area contributed by atoms with E-state index in [1.807, 2.05) is 0 Å². The van der Waals surface area contributed by atoms with Gasteiger partial charge in [0.15, 0.2) is 10.8 Å². The van der Waals surface area contributed by atoms with Crippen LogP contribution in [0.25, 0.3) is 0 Å². The molecule has 11 heteroatoms. The number of carbonyl (C=O) groups is 1. The Bertz CT molecular complexity index is 909. The topological polar surface area (TPSA) is 135 Å². The number of pyridine rings is 1. The number of aliphatic imine (C=N–C) groups is 1. The average Bonchev–Trinajstić information content (AvgIpc) is 2.54. The smallest absolute Gasteiger partial charge is 0.284 e. The Kier molecular flexibility index (Phi) is 5.93. The lowest BCUT2D eigenvalue weighted by Gasteiger charge is -1.99. The van der Waals surface area contributed by atoms with Crippen LogP contribution in [0.4, 0.5) is 0 Å². The maximum Gasteiger partial charge on any atom is 0.284 e. The van der Waals surface area contributed by atoms with Crippen molar-refractivity contribution >= 4 is 33.6 Å². The number of H-pyrrole nitrogens is 1. The summed E-state index contributed by atoms with van der Waals surface area (Å²) in [6.45, 7) is -0.0470. The van der Waals surface area contributed by atoms with Gasteiger partial charge in [0, 0.05) is 30.4 Å². The van der Waals surface area contributed by atoms with E-state index in [1.54, 1.807) is 24.5 Å². The molecular formula is C13H13N5O4S2. The van der Waals surface area contributed by atoms with E-state index >= 15 is 0 Å². The summed E-state index contributed by atoms with van der Waals surface area (Å²) in [5.41, 5.74) is 0.0683. The number of hydrogen-bond acceptors (Lipinski definition) is 9. The molecular weight excluding hydrogens is 354 g/mol. The predicted octanol–water partition coefficient (Wildman–Crippen LogP) is -0.256. The Labute approximate surface area is 141 Å². The molecule has 0 saturated carbocycles. The molecule has 0 aliphatic rings. The van der Waals surface area contributed by atoms with E-state index in [0.717, 1.165) is 23.6 Å². The minimum absolute atomic E-state index is 0.0274. The van der Waals surface area contributed by atoms with Crippen molar-refractivity contribution in [2.75, 3.05) is 18.6 Å². The van der Waals surface area contributed by atoms with Crippen molar-refractivity contribution in [1.29, 1.82) is 0 Å². The Hall–Kier alpha value is -2.40. The molecule has 0 aliphatic heterocycles. The molecule has 0 radical (unpaired) electrons. The summed E-state index contributed by atoms with van der Waals surface area (Å²) in [5.74, 6) is -0.242. The summed E-state index contributed by atoms with van der Waals surface area (Å²) in [5, 5.41) is 6.38. The van der Waals surface area contributed by atoms with Crippen molar-refractivity contribution in [3.05, 3.63) is 40.4 Å². The van der Waals surface area contributed by atoms with Crippen LogP contribution in [0.3, 0.4) is 0 Å². The Morgan fingerprint density at radius 2 is 2.21 bits per heavy atom. The van der Waals surface area contributed by atoms with Gasteiger partial charge in [-0.1, -0.05) is 17.8 Å². The number of aromatic amines is 1. The Morgan fingerprint density at radius 1 is 1.42 bits per heavy atom. The van der Waals surface area contributed by atoms with Crippen molar-refractivity contribution in [3.8, 4) is 0 Å². The summed E-state index contributed by atoms with van der Waals surface area (Å²) in [7, 11) is -3.64. The van der Waals surface area contributed by atoms with Crippen LogP contribution < -0.4 is 5.56 Å². The molecule has 0 unspecified atom stereocenters. The first-order valence-corrected chi connectivity index (χ1v) is 9.45. The molecule has 0 aliphatic carbocycles. The second-order valence-electron chi connectivity index (χ2n) is 4.62. The molecule has 2 aromatic heterocycles. The van der Waals surface area contributed by atoms with E-state index in [4.69, 9.17) is 0 Å². The standard InChI is InChI=1S/C13H13N5O4S2/c1-24(21,22)13-16-11(20)12(17-18-13)23-8-10(19)7-15-6-9-3-2-4-14-5-9/h2-6H,7-8H2,1H3,(H,16,18,20). The molecule has 0 spiro atoms. The fraction of sp³-hybridized carbons (Fsp3) is 0.231. The van der Waals surface area contributed by atoms with Crippen molar-refractivity contribution in [2.24, 2.45) is 4.99 Å². The number of nitrogens with one attached hydrogen (secondary N) is 1. The maximum absolute atomic E-state index is 11.7. The molecule has 0 atom stereocenters. The van der Waals surface area contributed by atoms with Crippen LogP contribution in [0.1, 0.15) is 5.56 Å². The highest BCUT2D eigenvalue weighted by Gasteiger charge is 2.14. The zero-order chi connectivity index (χ0) is 17.6. The molecule has 1 N–H and O–H groups in total. The van der Waals surface area contributed by atoms with Crippen LogP contribution in [-0.2, 0) is 14.6 Å². The predicted molar refractivity (Wildman–Crippen MR) is 88.2 cm³/mol. The number of hydrogen-bond donors (Lipinski definition) is 1. The van der Waals surface area contributed by atoms with Crippen LogP contribution >= 0.6 is 11.8 Å². The van der Waals surface area contributed by atoms with Gasteiger partial charge in [-0.3, -0.25) is 24.5 Å². The van der Waals surface area contributed by atoms with E-state index in [1.165, 1.54) is 6.21 Å². The van der Waals surface area contributed by atoms with Gasteiger partial charge in [0.2, 0.25) is 15.0 Å². The third kappa shape index (κ3) is 5.35. The lowest BCUT2D eigenvalue weighted by atomic mass is 10.3. The summed E-state index contributed by atoms with van der Waals surface area (Å²) in [6, 6.07) is 3.55. The van der Waals surface area contributed by atoms with Gasteiger partial charge < -0.3 is 0 Å². The average molecular weight is 367 g/mol. The second kappa shape index (κ2) is 7.93. The van der Waals surface area contributed by atoms with Gasteiger partial charge in [0.25, 0.3) is 5.56 Å². The third-order valence-corrected chi connectivity index (χ3v) is 4.45. The van der Waals surface area contributed by atoms with Crippen LogP contribution in [0.2, 0.25) is 0 Å². The molecule has 24 heavy (non-hydrogen) atoms. The highest BCUT2D eigenvalue weighted by atomic mass is 32.2. The Balaban J connectivity index is 1.90. The molecule has 2 aromatic rings. The number of ketones is 1. The fourth-order valence-corrected chi connectivity index (χ4v) is 2.61. The quantitative estimate of drug-likeness (QED) is 0.522. The van der Waals surface area contributed by atoms with Crippen molar-refractivity contribution < 1.29 is 13.2 Å². The van der Waals surface area contributed by atoms with Crippen molar-refractivity contribution in [1.82, 2.24) is 20.2 Å². The summed E-state index contributed by atoms with van der Waals surface area (Å²) >= 11 is 0.873. The first-order chi connectivity index (χ1) is 11.4. The zero-order valence-corrected chi connectivity index (χ0v) is 14.2. The molecule has 2 rings (SSSR count). The molecule has 0 saturated heterocycles. The number of nitrogens with zero attached hydrogens (tertiary/aromatic N) is 4. The zero-order valence-electron chi connectivity index (χ0n) is 12.5. The molecule has 0 aromatic carbocycles. The first kappa shape index (κ1) is 17.9. The van der Waals surface area contributed by atoms with Crippen LogP contribution in [0.5, 0.6) is 0 Å². The molecule has 2 heterocycles. The summed E-state index contributed by atoms with van der Waals surface area (Å²) < 4.78 is 22.5. The van der Waals surface area contributed by atoms with Gasteiger partial charge in [-0.2, -0.15) is 0 Å². The second-order valence-corrected chi connectivity index (χ2v) is 7.52. The van der Waals surface area contributed by atoms with Crippen molar-refractivity contribution in [2.45, 2.75) is 10.2 Å². The lowest BCUT2D eigenvalue weighted by molar-refractivity contribution is -0.115. The SMILES string of the molecule is CS(=O)(=O)c1nnc(SCC(=O)CN=Cc2cccnc2)c(=O)[nH]1. The normalized spacial score (nSPS) is 11.7. The van der Waals surface area contributed by atoms with Crippen LogP contribution in [-0.4, -0.2) is 59.1 Å².